The summed E-state index contributed by atoms with van der Waals surface area (Å²) in [5, 5.41) is 106. The van der Waals surface area contributed by atoms with Crippen molar-refractivity contribution in [3.63, 3.8) is 0 Å². The van der Waals surface area contributed by atoms with Crippen molar-refractivity contribution in [1.82, 2.24) is 41.8 Å². The van der Waals surface area contributed by atoms with E-state index in [1.807, 2.05) is 179 Å². The number of nitrogens with zero attached hydrogens (tertiary/aromatic N) is 3. The van der Waals surface area contributed by atoms with Crippen LogP contribution in [-0.4, -0.2) is 240 Å². The summed E-state index contributed by atoms with van der Waals surface area (Å²) in [5.41, 5.74) is 20.9. The van der Waals surface area contributed by atoms with Crippen LogP contribution < -0.4 is 50.3 Å². The van der Waals surface area contributed by atoms with Gasteiger partial charge in [0.1, 0.15) is 89.8 Å². The zero-order valence-corrected chi connectivity index (χ0v) is 90.2. The van der Waals surface area contributed by atoms with Crippen molar-refractivity contribution in [3.05, 3.63) is 156 Å². The molecular formula is C98H142N8O13S14. The fourth-order valence-corrected chi connectivity index (χ4v) is 38.2. The maximum atomic E-state index is 10.7. The third-order valence-electron chi connectivity index (χ3n) is 28.9. The minimum Gasteiger partial charge on any atom is -0.487 e. The topological polar surface area (TPSA) is 278 Å². The van der Waals surface area contributed by atoms with Crippen LogP contribution in [0.3, 0.4) is 0 Å². The number of aliphatic hydroxyl groups is 5. The zero-order chi connectivity index (χ0) is 93.4. The number of hydrogen-bond donors (Lipinski definition) is 13. The third-order valence-corrected chi connectivity index (χ3v) is 46.5. The molecule has 21 nitrogen and oxygen atoms in total. The van der Waals surface area contributed by atoms with E-state index in [0.29, 0.717) is 80.2 Å². The fourth-order valence-electron chi connectivity index (χ4n) is 20.3. The third kappa shape index (κ3) is 27.1. The van der Waals surface area contributed by atoms with Gasteiger partial charge in [-0.1, -0.05) is 201 Å². The molecule has 4 fully saturated rings. The number of nitrogens with one attached hydrogen (secondary N) is 5. The highest BCUT2D eigenvalue weighted by atomic mass is 33.1. The van der Waals surface area contributed by atoms with Crippen LogP contribution in [-0.2, 0) is 89.6 Å². The zero-order valence-electron chi connectivity index (χ0n) is 78.8. The lowest BCUT2D eigenvalue weighted by atomic mass is 9.87. The Morgan fingerprint density at radius 2 is 0.707 bits per heavy atom. The van der Waals surface area contributed by atoms with Crippen LogP contribution in [0.5, 0.6) is 28.7 Å². The van der Waals surface area contributed by atoms with E-state index in [1.54, 1.807) is 0 Å². The Bertz CT molecular complexity index is 4750. The monoisotopic (exact) mass is 2090 g/mol. The Balaban J connectivity index is 0.000000121. The van der Waals surface area contributed by atoms with Gasteiger partial charge in [0.25, 0.3) is 0 Å². The molecule has 0 aromatic heterocycles. The Labute approximate surface area is 845 Å². The van der Waals surface area contributed by atoms with Crippen molar-refractivity contribution in [2.24, 2.45) is 11.3 Å². The first kappa shape index (κ1) is 105. The summed E-state index contributed by atoms with van der Waals surface area (Å²) in [4.78, 5) is 0. The molecule has 0 radical (unpaired) electrons. The van der Waals surface area contributed by atoms with Crippen molar-refractivity contribution in [2.75, 3.05) is 83.5 Å². The number of hydroxylamine groups is 6. The summed E-state index contributed by atoms with van der Waals surface area (Å²) < 4.78 is 31.0. The van der Waals surface area contributed by atoms with Crippen LogP contribution in [0.4, 0.5) is 0 Å². The van der Waals surface area contributed by atoms with E-state index >= 15 is 0 Å². The number of hydrogen-bond acceptors (Lipinski definition) is 35. The summed E-state index contributed by atoms with van der Waals surface area (Å²) in [6.45, 7) is 28.5. The number of rotatable bonds is 24. The molecule has 13 N–H and O–H groups in total. The van der Waals surface area contributed by atoms with Gasteiger partial charge in [0.2, 0.25) is 0 Å². The molecule has 0 amide bonds. The number of aliphatic hydroxyl groups excluding tert-OH is 5. The Hall–Kier alpha value is -0.900. The summed E-state index contributed by atoms with van der Waals surface area (Å²) in [7, 11) is 27.0. The molecule has 5 aromatic carbocycles. The molecule has 13 unspecified atom stereocenters. The molecule has 4 saturated heterocycles. The Morgan fingerprint density at radius 1 is 0.368 bits per heavy atom. The van der Waals surface area contributed by atoms with Crippen LogP contribution in [0.1, 0.15) is 210 Å². The number of piperidine rings is 1. The van der Waals surface area contributed by atoms with Crippen molar-refractivity contribution in [1.29, 1.82) is 0 Å². The van der Waals surface area contributed by atoms with E-state index in [1.165, 1.54) is 117 Å². The van der Waals surface area contributed by atoms with Gasteiger partial charge in [-0.25, -0.2) is 0 Å². The molecule has 5 aromatic rings. The first-order valence-corrected chi connectivity index (χ1v) is 65.0. The molecule has 0 bridgehead atoms. The lowest BCUT2D eigenvalue weighted by molar-refractivity contribution is -0.196. The highest BCUT2D eigenvalue weighted by Crippen LogP contribution is 2.52. The molecule has 13 atom stereocenters. The minimum absolute atomic E-state index is 0.0840. The van der Waals surface area contributed by atoms with Gasteiger partial charge < -0.3 is 91.4 Å². The number of ether oxygens (including phenoxy) is 5. The molecule has 35 heteroatoms. The van der Waals surface area contributed by atoms with Crippen molar-refractivity contribution < 1.29 is 64.8 Å². The SMILES string of the molecule is CC1(C)C=C(CNCC(O)C2CCc3cc4c(cc3O2)CSSC4)C(C)(C)N1O.CC1(C)CC(CNCC(O)C2CCc3cc4c(cc3O2)CSSC4)C(C)(C)N1O.CC1(C)CSSC1CNCC(O)C1CCc2cc3c(cc2O1)CSSC3.OC(CNC1CCN(O)CC1)C1CCc2cc3c(cc2O1)CSSC3.OC(CNCC1CCSS1)C1CCc2cc3c(cc2O1)CSSC3. The van der Waals surface area contributed by atoms with Gasteiger partial charge in [0.15, 0.2) is 0 Å². The second kappa shape index (κ2) is 48.0. The fraction of sp³-hybridized carbons (Fsp3) is 0.673. The summed E-state index contributed by atoms with van der Waals surface area (Å²) >= 11 is 0. The molecule has 736 valence electrons. The van der Waals surface area contributed by atoms with Gasteiger partial charge in [-0.05, 0) is 283 Å². The average molecular weight is 2090 g/mol. The molecule has 15 aliphatic rings. The molecule has 0 saturated carbocycles. The average Bonchev–Trinajstić information content (AvgIpc) is 1.60. The van der Waals surface area contributed by atoms with Crippen LogP contribution in [0.15, 0.2) is 72.3 Å². The first-order valence-electron chi connectivity index (χ1n) is 47.8. The Kier molecular flexibility index (Phi) is 37.8. The van der Waals surface area contributed by atoms with Crippen molar-refractivity contribution >= 4 is 151 Å². The van der Waals surface area contributed by atoms with Gasteiger partial charge >= 0.3 is 0 Å². The second-order valence-corrected chi connectivity index (χ2v) is 58.5. The lowest BCUT2D eigenvalue weighted by Gasteiger charge is -2.36. The summed E-state index contributed by atoms with van der Waals surface area (Å²) in [5.74, 6) is 18.3. The van der Waals surface area contributed by atoms with Crippen molar-refractivity contribution in [3.8, 4) is 28.7 Å². The predicted molar refractivity (Wildman–Crippen MR) is 571 cm³/mol. The van der Waals surface area contributed by atoms with Gasteiger partial charge in [-0.3, -0.25) is 0 Å². The standard InChI is InChI=1S/C22H34N2O3S2.C22H32N2O3S2.C19H27NO2S4.C18H26N2O3S2.C17H23NO2S4/c2*1-21(2)9-17(22(3,4)24(21)26)10-23-11-18(25)19-6-5-14-7-15-12-28-29-13-16(15)8-20(14)27-19;1-19(2)11-25-26-18(19)8-20-7-15(21)16-4-3-12-5-13-9-23-24-10-14(13)6-17(12)22-16;21-16(9-19-15-3-5-20(22)6-4-15)17-2-1-12-7-13-10-24-25-11-14(13)8-18(12)23-17;19-15(8-18-7-14-3-4-21-24-14)16-2-1-11-5-12-9-22-23-10-13(12)6-17(11)20-16/h7-8,17-19,23,25-26H,5-6,9-13H2,1-4H3;7-9,18-19,23,25-26H,5-6,10-13H2,1-4H3;5-6,15-16,18,20-21H,3-4,7-11H2,1-2H3;7-8,15-17,19,21-22H,1-6,9-11H2;5-6,14-16,18-19H,1-4,7-10H2. The number of aryl methyl sites for hydroxylation is 5. The Morgan fingerprint density at radius 3 is 1.02 bits per heavy atom. The van der Waals surface area contributed by atoms with Gasteiger partial charge in [-0.15, -0.1) is 0 Å². The molecule has 0 spiro atoms. The summed E-state index contributed by atoms with van der Waals surface area (Å²) in [6, 6.07) is 23.0. The lowest BCUT2D eigenvalue weighted by Crippen LogP contribution is -2.49. The normalized spacial score (nSPS) is 27.3. The maximum Gasteiger partial charge on any atom is 0.126 e. The van der Waals surface area contributed by atoms with Gasteiger partial charge in [0.05, 0.1) is 11.1 Å². The first-order chi connectivity index (χ1) is 63.9. The van der Waals surface area contributed by atoms with Gasteiger partial charge in [-0.2, -0.15) is 15.2 Å². The quantitative estimate of drug-likeness (QED) is 0.0202. The van der Waals surface area contributed by atoms with E-state index in [0.717, 1.165) is 195 Å². The smallest absolute Gasteiger partial charge is 0.126 e. The van der Waals surface area contributed by atoms with Gasteiger partial charge in [0, 0.05) is 162 Å². The largest absolute Gasteiger partial charge is 0.487 e. The van der Waals surface area contributed by atoms with Crippen LogP contribution in [0, 0.1) is 11.3 Å². The van der Waals surface area contributed by atoms with E-state index in [2.05, 4.69) is 135 Å². The summed E-state index contributed by atoms with van der Waals surface area (Å²) in [6.07, 6.45) is 12.3. The maximum absolute atomic E-state index is 10.7. The van der Waals surface area contributed by atoms with Crippen LogP contribution >= 0.6 is 151 Å². The number of fused-ring (bicyclic) bond motifs is 10. The van der Waals surface area contributed by atoms with Crippen LogP contribution in [0.25, 0.3) is 0 Å². The second-order valence-electron chi connectivity index (χ2n) is 40.9. The van der Waals surface area contributed by atoms with Crippen molar-refractivity contribution in [2.45, 2.75) is 316 Å². The van der Waals surface area contributed by atoms with E-state index < -0.39 is 36.1 Å². The highest BCUT2D eigenvalue weighted by Gasteiger charge is 2.52. The molecule has 0 aliphatic carbocycles. The van der Waals surface area contributed by atoms with E-state index in [4.69, 9.17) is 23.7 Å². The molecule has 15 aliphatic heterocycles. The number of benzene rings is 5. The van der Waals surface area contributed by atoms with Crippen LogP contribution in [0.2, 0.25) is 0 Å². The highest BCUT2D eigenvalue weighted by molar-refractivity contribution is 8.78. The minimum atomic E-state index is -0.563. The van der Waals surface area contributed by atoms with E-state index in [-0.39, 0.29) is 47.1 Å². The molecule has 20 rings (SSSR count). The predicted octanol–water partition coefficient (Wildman–Crippen LogP) is 18.9. The molecule has 133 heavy (non-hydrogen) atoms. The molecule has 15 heterocycles. The molecular weight excluding hydrogens is 1950 g/mol. The van der Waals surface area contributed by atoms with E-state index in [9.17, 15) is 41.2 Å².